The van der Waals surface area contributed by atoms with E-state index in [1.807, 2.05) is 41.3 Å². The van der Waals surface area contributed by atoms with E-state index in [9.17, 15) is 9.59 Å². The van der Waals surface area contributed by atoms with Gasteiger partial charge in [-0.05, 0) is 54.4 Å². The van der Waals surface area contributed by atoms with Gasteiger partial charge in [0.15, 0.2) is 11.5 Å². The highest BCUT2D eigenvalue weighted by atomic mass is 16.5. The van der Waals surface area contributed by atoms with Crippen LogP contribution in [0.5, 0.6) is 11.5 Å². The van der Waals surface area contributed by atoms with Crippen molar-refractivity contribution in [3.8, 4) is 11.5 Å². The molecule has 2 aliphatic rings. The first-order chi connectivity index (χ1) is 16.0. The number of hydrogen-bond donors (Lipinski definition) is 1. The molecule has 7 heteroatoms. The van der Waals surface area contributed by atoms with E-state index in [1.54, 1.807) is 14.2 Å². The van der Waals surface area contributed by atoms with E-state index in [0.29, 0.717) is 36.6 Å². The van der Waals surface area contributed by atoms with Crippen LogP contribution in [0.3, 0.4) is 0 Å². The number of likely N-dealkylation sites (N-methyl/N-ethyl adjacent to an activating group) is 1. The Labute approximate surface area is 195 Å². The van der Waals surface area contributed by atoms with Crippen LogP contribution in [-0.4, -0.2) is 68.6 Å². The van der Waals surface area contributed by atoms with Crippen LogP contribution in [0.15, 0.2) is 36.4 Å². The molecule has 2 aliphatic heterocycles. The van der Waals surface area contributed by atoms with Gasteiger partial charge in [-0.1, -0.05) is 32.0 Å². The fraction of sp³-hybridized carbons (Fsp3) is 0.462. The SMILES string of the molecule is CCN(CC)CCNC(=O)[C@H]1c2ccccc2C(=O)N2CCc3cc(OC)c(OC)cc3[C@H]12. The second-order valence-corrected chi connectivity index (χ2v) is 8.48. The fourth-order valence-electron chi connectivity index (χ4n) is 5.12. The molecule has 0 radical (unpaired) electrons. The summed E-state index contributed by atoms with van der Waals surface area (Å²) in [5.41, 5.74) is 3.43. The first-order valence-corrected chi connectivity index (χ1v) is 11.7. The number of carbonyl (C=O) groups is 2. The number of rotatable bonds is 8. The molecule has 0 aliphatic carbocycles. The predicted molar refractivity (Wildman–Crippen MR) is 127 cm³/mol. The molecule has 0 saturated heterocycles. The van der Waals surface area contributed by atoms with E-state index in [2.05, 4.69) is 24.1 Å². The van der Waals surface area contributed by atoms with Crippen molar-refractivity contribution in [1.29, 1.82) is 0 Å². The number of nitrogens with zero attached hydrogens (tertiary/aromatic N) is 2. The van der Waals surface area contributed by atoms with Gasteiger partial charge in [-0.15, -0.1) is 0 Å². The van der Waals surface area contributed by atoms with Gasteiger partial charge in [0.25, 0.3) is 5.91 Å². The summed E-state index contributed by atoms with van der Waals surface area (Å²) in [6.45, 7) is 8.04. The minimum atomic E-state index is -0.493. The average molecular weight is 452 g/mol. The molecule has 0 unspecified atom stereocenters. The van der Waals surface area contributed by atoms with Crippen molar-refractivity contribution in [3.05, 3.63) is 58.7 Å². The summed E-state index contributed by atoms with van der Waals surface area (Å²) >= 11 is 0. The lowest BCUT2D eigenvalue weighted by molar-refractivity contribution is -0.124. The molecule has 0 fully saturated rings. The van der Waals surface area contributed by atoms with Gasteiger partial charge in [0.1, 0.15) is 0 Å². The first kappa shape index (κ1) is 23.1. The van der Waals surface area contributed by atoms with Crippen molar-refractivity contribution >= 4 is 11.8 Å². The molecule has 2 amide bonds. The van der Waals surface area contributed by atoms with E-state index in [4.69, 9.17) is 9.47 Å². The molecule has 2 aromatic rings. The van der Waals surface area contributed by atoms with Gasteiger partial charge in [0, 0.05) is 25.2 Å². The fourth-order valence-corrected chi connectivity index (χ4v) is 5.12. The smallest absolute Gasteiger partial charge is 0.254 e. The Hall–Kier alpha value is -3.06. The standard InChI is InChI=1S/C26H33N3O4/c1-5-28(6-2)14-12-27-25(30)23-18-9-7-8-10-19(18)26(31)29-13-11-17-15-21(32-3)22(33-4)16-20(17)24(23)29/h7-10,15-16,23-24H,5-6,11-14H2,1-4H3,(H,27,30)/t23-,24+/m0/s1. The number of nitrogens with one attached hydrogen (secondary N) is 1. The highest BCUT2D eigenvalue weighted by molar-refractivity contribution is 6.01. The monoisotopic (exact) mass is 451 g/mol. The van der Waals surface area contributed by atoms with Crippen molar-refractivity contribution in [1.82, 2.24) is 15.1 Å². The quantitative estimate of drug-likeness (QED) is 0.668. The molecule has 0 saturated carbocycles. The Kier molecular flexibility index (Phi) is 6.88. The number of carbonyl (C=O) groups excluding carboxylic acids is 2. The molecule has 0 bridgehead atoms. The minimum Gasteiger partial charge on any atom is -0.493 e. The largest absolute Gasteiger partial charge is 0.493 e. The lowest BCUT2D eigenvalue weighted by Crippen LogP contribution is -2.50. The van der Waals surface area contributed by atoms with Crippen LogP contribution < -0.4 is 14.8 Å². The van der Waals surface area contributed by atoms with Crippen LogP contribution >= 0.6 is 0 Å². The maximum atomic E-state index is 13.6. The van der Waals surface area contributed by atoms with E-state index in [-0.39, 0.29) is 17.9 Å². The van der Waals surface area contributed by atoms with E-state index >= 15 is 0 Å². The highest BCUT2D eigenvalue weighted by Crippen LogP contribution is 2.48. The Balaban J connectivity index is 1.75. The van der Waals surface area contributed by atoms with Crippen molar-refractivity contribution in [3.63, 3.8) is 0 Å². The van der Waals surface area contributed by atoms with Gasteiger partial charge in [0.2, 0.25) is 5.91 Å². The molecule has 0 spiro atoms. The maximum absolute atomic E-state index is 13.6. The predicted octanol–water partition coefficient (Wildman–Crippen LogP) is 3.00. The Bertz CT molecular complexity index is 1030. The number of ether oxygens (including phenoxy) is 2. The summed E-state index contributed by atoms with van der Waals surface area (Å²) in [6, 6.07) is 11.0. The Morgan fingerprint density at radius 2 is 1.79 bits per heavy atom. The average Bonchev–Trinajstić information content (AvgIpc) is 2.85. The van der Waals surface area contributed by atoms with Gasteiger partial charge in [-0.3, -0.25) is 9.59 Å². The third-order valence-electron chi connectivity index (χ3n) is 6.93. The number of methoxy groups -OCH3 is 2. The molecule has 0 aromatic heterocycles. The van der Waals surface area contributed by atoms with Crippen LogP contribution in [0, 0.1) is 0 Å². The molecule has 4 rings (SSSR count). The van der Waals surface area contributed by atoms with Crippen LogP contribution in [0.1, 0.15) is 52.9 Å². The van der Waals surface area contributed by atoms with Crippen LogP contribution in [0.25, 0.3) is 0 Å². The Morgan fingerprint density at radius 3 is 2.48 bits per heavy atom. The van der Waals surface area contributed by atoms with Gasteiger partial charge < -0.3 is 24.6 Å². The summed E-state index contributed by atoms with van der Waals surface area (Å²) in [5.74, 6) is 0.688. The summed E-state index contributed by atoms with van der Waals surface area (Å²) < 4.78 is 11.1. The zero-order valence-corrected chi connectivity index (χ0v) is 19.9. The van der Waals surface area contributed by atoms with Crippen LogP contribution in [-0.2, 0) is 11.2 Å². The summed E-state index contributed by atoms with van der Waals surface area (Å²) in [5, 5.41) is 3.15. The second kappa shape index (κ2) is 9.83. The molecule has 2 atom stereocenters. The zero-order chi connectivity index (χ0) is 23.5. The lowest BCUT2D eigenvalue weighted by atomic mass is 9.75. The third kappa shape index (κ3) is 4.17. The molecule has 2 aromatic carbocycles. The van der Waals surface area contributed by atoms with Gasteiger partial charge >= 0.3 is 0 Å². The van der Waals surface area contributed by atoms with Crippen molar-refractivity contribution in [2.75, 3.05) is 46.9 Å². The Morgan fingerprint density at radius 1 is 1.09 bits per heavy atom. The van der Waals surface area contributed by atoms with E-state index < -0.39 is 5.92 Å². The third-order valence-corrected chi connectivity index (χ3v) is 6.93. The molecular weight excluding hydrogens is 418 g/mol. The molecule has 33 heavy (non-hydrogen) atoms. The van der Waals surface area contributed by atoms with Crippen LogP contribution in [0.4, 0.5) is 0 Å². The number of amides is 2. The molecule has 2 heterocycles. The number of hydrogen-bond acceptors (Lipinski definition) is 5. The second-order valence-electron chi connectivity index (χ2n) is 8.48. The van der Waals surface area contributed by atoms with Crippen molar-refractivity contribution < 1.29 is 19.1 Å². The van der Waals surface area contributed by atoms with Crippen LogP contribution in [0.2, 0.25) is 0 Å². The van der Waals surface area contributed by atoms with Gasteiger partial charge in [-0.25, -0.2) is 0 Å². The van der Waals surface area contributed by atoms with Crippen molar-refractivity contribution in [2.45, 2.75) is 32.2 Å². The summed E-state index contributed by atoms with van der Waals surface area (Å²) in [7, 11) is 3.22. The summed E-state index contributed by atoms with van der Waals surface area (Å²) in [4.78, 5) is 31.2. The highest BCUT2D eigenvalue weighted by Gasteiger charge is 2.46. The maximum Gasteiger partial charge on any atom is 0.254 e. The van der Waals surface area contributed by atoms with Gasteiger partial charge in [0.05, 0.1) is 26.2 Å². The lowest BCUT2D eigenvalue weighted by Gasteiger charge is -2.45. The topological polar surface area (TPSA) is 71.1 Å². The molecular formula is C26H33N3O4. The molecule has 7 nitrogen and oxygen atoms in total. The molecule has 1 N–H and O–H groups in total. The first-order valence-electron chi connectivity index (χ1n) is 11.7. The van der Waals surface area contributed by atoms with E-state index in [0.717, 1.165) is 36.3 Å². The van der Waals surface area contributed by atoms with Gasteiger partial charge in [-0.2, -0.15) is 0 Å². The van der Waals surface area contributed by atoms with E-state index in [1.165, 1.54) is 0 Å². The number of benzene rings is 2. The summed E-state index contributed by atoms with van der Waals surface area (Å²) in [6.07, 6.45) is 0.705. The molecule has 176 valence electrons. The normalized spacial score (nSPS) is 18.9. The zero-order valence-electron chi connectivity index (χ0n) is 19.9. The number of fused-ring (bicyclic) bond motifs is 4. The minimum absolute atomic E-state index is 0.0248. The van der Waals surface area contributed by atoms with Crippen molar-refractivity contribution in [2.24, 2.45) is 0 Å².